The predicted molar refractivity (Wildman–Crippen MR) is 69.6 cm³/mol. The fraction of sp³-hybridized carbons (Fsp3) is 0.667. The number of nitrogens with two attached hydrogens (primary N) is 1. The number of hydrogen-bond donors (Lipinski definition) is 3. The van der Waals surface area contributed by atoms with Crippen LogP contribution in [0.1, 0.15) is 32.3 Å². The third-order valence-corrected chi connectivity index (χ3v) is 3.45. The Hall–Kier alpha value is -1.36. The van der Waals surface area contributed by atoms with Crippen molar-refractivity contribution in [3.63, 3.8) is 0 Å². The zero-order valence-electron chi connectivity index (χ0n) is 10.5. The minimum absolute atomic E-state index is 0.712. The lowest BCUT2D eigenvalue weighted by Gasteiger charge is -2.15. The van der Waals surface area contributed by atoms with Crippen LogP contribution in [-0.2, 0) is 6.42 Å². The van der Waals surface area contributed by atoms with Crippen LogP contribution in [0.5, 0.6) is 0 Å². The first-order valence-corrected chi connectivity index (χ1v) is 6.30. The van der Waals surface area contributed by atoms with E-state index in [2.05, 4.69) is 34.6 Å². The molecule has 5 heteroatoms. The van der Waals surface area contributed by atoms with Crippen molar-refractivity contribution in [1.82, 2.24) is 9.97 Å². The first-order valence-electron chi connectivity index (χ1n) is 6.30. The van der Waals surface area contributed by atoms with Gasteiger partial charge in [0.25, 0.3) is 0 Å². The van der Waals surface area contributed by atoms with E-state index in [0.29, 0.717) is 11.7 Å². The lowest BCUT2D eigenvalue weighted by molar-refractivity contribution is 0.535. The molecule has 0 saturated heterocycles. The van der Waals surface area contributed by atoms with Crippen molar-refractivity contribution >= 4 is 11.6 Å². The Morgan fingerprint density at radius 3 is 2.71 bits per heavy atom. The third kappa shape index (κ3) is 2.85. The number of rotatable bonds is 6. The molecular formula is C12H21N5. The number of nitrogens with one attached hydrogen (secondary N) is 2. The zero-order chi connectivity index (χ0) is 12.3. The van der Waals surface area contributed by atoms with Gasteiger partial charge in [-0.15, -0.1) is 0 Å². The average molecular weight is 235 g/mol. The van der Waals surface area contributed by atoms with Gasteiger partial charge in [-0.1, -0.05) is 13.8 Å². The van der Waals surface area contributed by atoms with Crippen LogP contribution >= 0.6 is 0 Å². The van der Waals surface area contributed by atoms with E-state index < -0.39 is 0 Å². The van der Waals surface area contributed by atoms with E-state index in [4.69, 9.17) is 5.84 Å². The summed E-state index contributed by atoms with van der Waals surface area (Å²) in [5.41, 5.74) is 3.67. The summed E-state index contributed by atoms with van der Waals surface area (Å²) in [7, 11) is 0. The summed E-state index contributed by atoms with van der Waals surface area (Å²) in [6.07, 6.45) is 5.16. The van der Waals surface area contributed by atoms with Crippen molar-refractivity contribution in [2.45, 2.75) is 33.1 Å². The maximum absolute atomic E-state index is 5.44. The highest BCUT2D eigenvalue weighted by Crippen LogP contribution is 2.36. The number of hydrazine groups is 1. The Morgan fingerprint density at radius 1 is 1.41 bits per heavy atom. The molecule has 94 valence electrons. The summed E-state index contributed by atoms with van der Waals surface area (Å²) in [6, 6.07) is 0. The Balaban J connectivity index is 2.03. The predicted octanol–water partition coefficient (Wildman–Crippen LogP) is 1.78. The van der Waals surface area contributed by atoms with Crippen LogP contribution in [0.15, 0.2) is 6.33 Å². The zero-order valence-corrected chi connectivity index (χ0v) is 10.5. The monoisotopic (exact) mass is 235 g/mol. The van der Waals surface area contributed by atoms with Gasteiger partial charge >= 0.3 is 0 Å². The molecule has 0 spiro atoms. The minimum Gasteiger partial charge on any atom is -0.369 e. The smallest absolute Gasteiger partial charge is 0.148 e. The maximum Gasteiger partial charge on any atom is 0.148 e. The molecule has 17 heavy (non-hydrogen) atoms. The Kier molecular flexibility index (Phi) is 3.78. The summed E-state index contributed by atoms with van der Waals surface area (Å²) in [5.74, 6) is 8.68. The van der Waals surface area contributed by atoms with E-state index in [1.165, 1.54) is 12.8 Å². The van der Waals surface area contributed by atoms with Crippen LogP contribution in [0.2, 0.25) is 0 Å². The van der Waals surface area contributed by atoms with Crippen LogP contribution in [-0.4, -0.2) is 16.5 Å². The molecule has 1 heterocycles. The quantitative estimate of drug-likeness (QED) is 0.517. The van der Waals surface area contributed by atoms with E-state index in [9.17, 15) is 0 Å². The van der Waals surface area contributed by atoms with Gasteiger partial charge in [0.1, 0.15) is 18.0 Å². The highest BCUT2D eigenvalue weighted by Gasteiger charge is 2.27. The summed E-state index contributed by atoms with van der Waals surface area (Å²) in [4.78, 5) is 8.41. The lowest BCUT2D eigenvalue weighted by atomic mass is 10.1. The van der Waals surface area contributed by atoms with Crippen LogP contribution in [0.4, 0.5) is 11.6 Å². The topological polar surface area (TPSA) is 75.9 Å². The number of anilines is 2. The van der Waals surface area contributed by atoms with E-state index in [-0.39, 0.29) is 0 Å². The lowest BCUT2D eigenvalue weighted by Crippen LogP contribution is -2.17. The van der Waals surface area contributed by atoms with Gasteiger partial charge in [-0.25, -0.2) is 15.8 Å². The molecule has 4 N–H and O–H groups in total. The van der Waals surface area contributed by atoms with Gasteiger partial charge in [-0.3, -0.25) is 0 Å². The minimum atomic E-state index is 0.712. The maximum atomic E-state index is 5.44. The molecule has 1 aromatic rings. The molecule has 1 fully saturated rings. The highest BCUT2D eigenvalue weighted by molar-refractivity contribution is 5.56. The van der Waals surface area contributed by atoms with Crippen molar-refractivity contribution in [3.8, 4) is 0 Å². The molecule has 0 aliphatic heterocycles. The van der Waals surface area contributed by atoms with E-state index in [0.717, 1.165) is 30.3 Å². The van der Waals surface area contributed by atoms with Crippen LogP contribution in [0, 0.1) is 11.8 Å². The fourth-order valence-electron chi connectivity index (χ4n) is 2.11. The largest absolute Gasteiger partial charge is 0.369 e. The van der Waals surface area contributed by atoms with Crippen molar-refractivity contribution in [3.05, 3.63) is 11.9 Å². The SMILES string of the molecule is CCc1c(NN)ncnc1NCC(C)C1CC1. The molecule has 0 bridgehead atoms. The van der Waals surface area contributed by atoms with Crippen molar-refractivity contribution in [2.75, 3.05) is 17.3 Å². The van der Waals surface area contributed by atoms with Crippen molar-refractivity contribution < 1.29 is 0 Å². The molecule has 2 rings (SSSR count). The Bertz CT molecular complexity index is 375. The molecule has 1 aliphatic carbocycles. The van der Waals surface area contributed by atoms with Gasteiger partial charge in [-0.05, 0) is 31.1 Å². The standard InChI is InChI=1S/C12H21N5/c1-3-10-11(15-7-16-12(10)17-13)14-6-8(2)9-4-5-9/h7-9H,3-6,13H2,1-2H3,(H2,14,15,16,17). The molecule has 5 nitrogen and oxygen atoms in total. The molecule has 0 radical (unpaired) electrons. The van der Waals surface area contributed by atoms with E-state index in [1.807, 2.05) is 0 Å². The van der Waals surface area contributed by atoms with E-state index in [1.54, 1.807) is 6.33 Å². The van der Waals surface area contributed by atoms with Gasteiger partial charge in [0.2, 0.25) is 0 Å². The molecule has 1 aliphatic rings. The number of aromatic nitrogens is 2. The summed E-state index contributed by atoms with van der Waals surface area (Å²) < 4.78 is 0. The molecule has 1 atom stereocenters. The molecule has 1 unspecified atom stereocenters. The molecule has 0 amide bonds. The highest BCUT2D eigenvalue weighted by atomic mass is 15.3. The van der Waals surface area contributed by atoms with Gasteiger partial charge in [0.15, 0.2) is 0 Å². The number of nitrogen functional groups attached to an aromatic ring is 1. The van der Waals surface area contributed by atoms with Crippen LogP contribution < -0.4 is 16.6 Å². The summed E-state index contributed by atoms with van der Waals surface area (Å²) in [6.45, 7) is 5.34. The summed E-state index contributed by atoms with van der Waals surface area (Å²) in [5, 5.41) is 3.41. The summed E-state index contributed by atoms with van der Waals surface area (Å²) >= 11 is 0. The second-order valence-electron chi connectivity index (χ2n) is 4.74. The van der Waals surface area contributed by atoms with Gasteiger partial charge in [0, 0.05) is 12.1 Å². The molecular weight excluding hydrogens is 214 g/mol. The first kappa shape index (κ1) is 12.1. The van der Waals surface area contributed by atoms with E-state index >= 15 is 0 Å². The normalized spacial score (nSPS) is 16.6. The third-order valence-electron chi connectivity index (χ3n) is 3.45. The molecule has 1 aromatic heterocycles. The van der Waals surface area contributed by atoms with Crippen LogP contribution in [0.3, 0.4) is 0 Å². The Morgan fingerprint density at radius 2 is 2.12 bits per heavy atom. The average Bonchev–Trinajstić information content (AvgIpc) is 3.19. The van der Waals surface area contributed by atoms with Crippen molar-refractivity contribution in [1.29, 1.82) is 0 Å². The van der Waals surface area contributed by atoms with Gasteiger partial charge in [-0.2, -0.15) is 0 Å². The second-order valence-corrected chi connectivity index (χ2v) is 4.74. The second kappa shape index (κ2) is 5.31. The number of nitrogens with zero attached hydrogens (tertiary/aromatic N) is 2. The van der Waals surface area contributed by atoms with Gasteiger partial charge < -0.3 is 10.7 Å². The first-order chi connectivity index (χ1) is 8.26. The van der Waals surface area contributed by atoms with Gasteiger partial charge in [0.05, 0.1) is 0 Å². The fourth-order valence-corrected chi connectivity index (χ4v) is 2.11. The number of hydrogen-bond acceptors (Lipinski definition) is 5. The Labute approximate surface area is 102 Å². The van der Waals surface area contributed by atoms with Crippen LogP contribution in [0.25, 0.3) is 0 Å². The molecule has 1 saturated carbocycles. The van der Waals surface area contributed by atoms with Crippen molar-refractivity contribution in [2.24, 2.45) is 17.7 Å². The molecule has 0 aromatic carbocycles.